The van der Waals surface area contributed by atoms with Gasteiger partial charge >= 0.3 is 0 Å². The summed E-state index contributed by atoms with van der Waals surface area (Å²) in [6.45, 7) is -0.275. The van der Waals surface area contributed by atoms with E-state index in [-0.39, 0.29) is 30.0 Å². The number of para-hydroxylation sites is 1. The monoisotopic (exact) mass is 630 g/mol. The zero-order chi connectivity index (χ0) is 32.4. The fourth-order valence-electron chi connectivity index (χ4n) is 4.67. The Morgan fingerprint density at radius 2 is 1.37 bits per heavy atom. The van der Waals surface area contributed by atoms with Crippen LogP contribution in [0.2, 0.25) is 0 Å². The molecule has 0 radical (unpaired) electrons. The van der Waals surface area contributed by atoms with Gasteiger partial charge in [0.05, 0.1) is 16.0 Å². The summed E-state index contributed by atoms with van der Waals surface area (Å²) >= 11 is 0. The predicted octanol–water partition coefficient (Wildman–Crippen LogP) is 3.64. The van der Waals surface area contributed by atoms with Crippen LogP contribution in [-0.4, -0.2) is 50.1 Å². The topological polar surface area (TPSA) is 134 Å². The summed E-state index contributed by atoms with van der Waals surface area (Å²) in [5, 5.41) is 5.78. The number of rotatable bonds is 11. The van der Waals surface area contributed by atoms with Crippen molar-refractivity contribution in [2.45, 2.75) is 17.4 Å². The molecule has 10 heteroatoms. The van der Waals surface area contributed by atoms with E-state index in [0.29, 0.717) is 16.6 Å². The van der Waals surface area contributed by atoms with E-state index < -0.39 is 33.7 Å². The fraction of sp³-hybridized carbons (Fsp3) is 0.111. The molecule has 0 spiro atoms. The van der Waals surface area contributed by atoms with Crippen molar-refractivity contribution in [3.05, 3.63) is 144 Å². The lowest BCUT2D eigenvalue weighted by molar-refractivity contribution is -0.138. The van der Waals surface area contributed by atoms with Gasteiger partial charge in [-0.05, 0) is 47.9 Å². The van der Waals surface area contributed by atoms with Gasteiger partial charge in [-0.3, -0.25) is 14.4 Å². The van der Waals surface area contributed by atoms with Gasteiger partial charge in [-0.2, -0.15) is 0 Å². The number of amides is 2. The molecule has 1 heterocycles. The van der Waals surface area contributed by atoms with Crippen molar-refractivity contribution in [2.75, 3.05) is 13.1 Å². The van der Waals surface area contributed by atoms with Crippen LogP contribution in [0.25, 0.3) is 10.9 Å². The number of Topliss-reactive ketones (excluding diaryl/α,β-unsaturated/α-hetero) is 1. The molecule has 4 aromatic carbocycles. The van der Waals surface area contributed by atoms with Gasteiger partial charge in [0.2, 0.25) is 15.8 Å². The quantitative estimate of drug-likeness (QED) is 0.116. The van der Waals surface area contributed by atoms with Gasteiger partial charge < -0.3 is 10.6 Å². The molecule has 0 fully saturated rings. The maximum Gasteiger partial charge on any atom is 0.289 e. The van der Waals surface area contributed by atoms with Gasteiger partial charge in [0.15, 0.2) is 0 Å². The van der Waals surface area contributed by atoms with Crippen molar-refractivity contribution in [1.29, 1.82) is 0 Å². The van der Waals surface area contributed by atoms with E-state index in [2.05, 4.69) is 32.2 Å². The zero-order valence-electron chi connectivity index (χ0n) is 24.6. The average Bonchev–Trinajstić information content (AvgIpc) is 3.09. The lowest BCUT2D eigenvalue weighted by atomic mass is 10.0. The van der Waals surface area contributed by atoms with Gasteiger partial charge in [-0.15, -0.1) is 0 Å². The molecule has 5 rings (SSSR count). The summed E-state index contributed by atoms with van der Waals surface area (Å²) in [7, 11) is -3.78. The van der Waals surface area contributed by atoms with Crippen LogP contribution < -0.4 is 15.4 Å². The normalized spacial score (nSPS) is 11.6. The van der Waals surface area contributed by atoms with E-state index in [9.17, 15) is 22.8 Å². The summed E-state index contributed by atoms with van der Waals surface area (Å²) in [4.78, 5) is 44.8. The van der Waals surface area contributed by atoms with Crippen LogP contribution in [0.1, 0.15) is 27.2 Å². The van der Waals surface area contributed by atoms with Crippen LogP contribution in [0.5, 0.6) is 0 Å². The highest BCUT2D eigenvalue weighted by Gasteiger charge is 2.28. The number of hydrogen-bond acceptors (Lipinski definition) is 6. The largest absolute Gasteiger partial charge is 0.348 e. The molecular formula is C36H30N4O5S. The van der Waals surface area contributed by atoms with Crippen LogP contribution in [0.3, 0.4) is 0 Å². The number of nitrogens with one attached hydrogen (secondary N) is 3. The minimum atomic E-state index is -3.78. The molecule has 5 aromatic rings. The Labute approximate surface area is 267 Å². The van der Waals surface area contributed by atoms with E-state index >= 15 is 0 Å². The zero-order valence-corrected chi connectivity index (χ0v) is 25.5. The minimum Gasteiger partial charge on any atom is -0.348 e. The molecule has 0 aliphatic carbocycles. The first-order chi connectivity index (χ1) is 22.3. The molecule has 1 aromatic heterocycles. The number of carbonyl (C=O) groups is 3. The first-order valence-electron chi connectivity index (χ1n) is 14.5. The summed E-state index contributed by atoms with van der Waals surface area (Å²) in [6.07, 6.45) is 0.0587. The van der Waals surface area contributed by atoms with Crippen molar-refractivity contribution in [2.24, 2.45) is 0 Å². The lowest BCUT2D eigenvalue weighted by Gasteiger charge is -2.18. The molecule has 3 N–H and O–H groups in total. The second-order valence-electron chi connectivity index (χ2n) is 10.2. The Morgan fingerprint density at radius 3 is 2.09 bits per heavy atom. The summed E-state index contributed by atoms with van der Waals surface area (Å²) < 4.78 is 27.3. The van der Waals surface area contributed by atoms with Gasteiger partial charge in [-0.1, -0.05) is 90.8 Å². The van der Waals surface area contributed by atoms with Crippen LogP contribution in [-0.2, 0) is 26.0 Å². The third-order valence-electron chi connectivity index (χ3n) is 6.95. The number of nitrogens with zero attached hydrogens (tertiary/aromatic N) is 1. The van der Waals surface area contributed by atoms with E-state index in [1.54, 1.807) is 72.8 Å². The molecule has 2 amide bonds. The molecule has 0 aliphatic heterocycles. The lowest BCUT2D eigenvalue weighted by Crippen LogP contribution is -2.49. The average molecular weight is 631 g/mol. The summed E-state index contributed by atoms with van der Waals surface area (Å²) in [6, 6.07) is 33.6. The smallest absolute Gasteiger partial charge is 0.289 e. The molecular weight excluding hydrogens is 600 g/mol. The maximum atomic E-state index is 13.8. The number of carbonyl (C=O) groups excluding carboxylic acids is 3. The first kappa shape index (κ1) is 31.8. The van der Waals surface area contributed by atoms with Gasteiger partial charge in [0, 0.05) is 30.5 Å². The Kier molecular flexibility index (Phi) is 10.3. The predicted molar refractivity (Wildman–Crippen MR) is 175 cm³/mol. The molecule has 230 valence electrons. The van der Waals surface area contributed by atoms with Crippen molar-refractivity contribution in [1.82, 2.24) is 20.3 Å². The van der Waals surface area contributed by atoms with Crippen LogP contribution in [0, 0.1) is 11.8 Å². The highest BCUT2D eigenvalue weighted by Crippen LogP contribution is 2.19. The molecule has 1 atom stereocenters. The van der Waals surface area contributed by atoms with Gasteiger partial charge in [-0.25, -0.2) is 18.1 Å². The van der Waals surface area contributed by atoms with E-state index in [1.165, 1.54) is 12.1 Å². The highest BCUT2D eigenvalue weighted by molar-refractivity contribution is 7.89. The van der Waals surface area contributed by atoms with E-state index in [1.807, 2.05) is 36.4 Å². The minimum absolute atomic E-state index is 0.0587. The van der Waals surface area contributed by atoms with E-state index in [4.69, 9.17) is 0 Å². The molecule has 0 saturated heterocycles. The number of hydrogen-bond donors (Lipinski definition) is 3. The van der Waals surface area contributed by atoms with Crippen molar-refractivity contribution >= 4 is 38.5 Å². The Bertz CT molecular complexity index is 2020. The number of sulfonamides is 1. The van der Waals surface area contributed by atoms with Crippen molar-refractivity contribution in [3.8, 4) is 11.8 Å². The second-order valence-corrected chi connectivity index (χ2v) is 12.0. The first-order valence-corrected chi connectivity index (χ1v) is 16.0. The number of aromatic nitrogens is 1. The summed E-state index contributed by atoms with van der Waals surface area (Å²) in [5.41, 5.74) is 2.70. The highest BCUT2D eigenvalue weighted by atomic mass is 32.2. The van der Waals surface area contributed by atoms with Gasteiger partial charge in [0.25, 0.3) is 11.8 Å². The number of benzene rings is 4. The van der Waals surface area contributed by atoms with Gasteiger partial charge in [0.1, 0.15) is 11.7 Å². The SMILES string of the molecule is O=C(NCCNS(=O)(=O)c1ccccc1)C(=O)[C@H](Cc1ccccc1)NC(=O)c1cc(C#Cc2ccccc2)nc2ccccc12. The van der Waals surface area contributed by atoms with Crippen LogP contribution in [0.15, 0.2) is 126 Å². The Hall–Kier alpha value is -5.63. The van der Waals surface area contributed by atoms with Crippen molar-refractivity contribution in [3.63, 3.8) is 0 Å². The van der Waals surface area contributed by atoms with Crippen LogP contribution >= 0.6 is 0 Å². The second kappa shape index (κ2) is 14.9. The molecule has 9 nitrogen and oxygen atoms in total. The summed E-state index contributed by atoms with van der Waals surface area (Å²) in [5.74, 6) is 3.67. The Morgan fingerprint density at radius 1 is 0.739 bits per heavy atom. The maximum absolute atomic E-state index is 13.8. The number of ketones is 1. The molecule has 0 aliphatic rings. The molecule has 46 heavy (non-hydrogen) atoms. The third-order valence-corrected chi connectivity index (χ3v) is 8.43. The standard InChI is InChI=1S/C36H30N4O5S/c41-34(36(43)37-22-23-38-46(44,45)29-16-8-3-9-17-29)33(24-27-14-6-2-7-15-27)40-35(42)31-25-28(21-20-26-12-4-1-5-13-26)39-32-19-11-10-18-30(31)32/h1-19,25,33,38H,22-24H2,(H,37,43)(H,40,42)/t33-/m0/s1. The van der Waals surface area contributed by atoms with E-state index in [0.717, 1.165) is 11.1 Å². The van der Waals surface area contributed by atoms with Crippen molar-refractivity contribution < 1.29 is 22.8 Å². The number of fused-ring (bicyclic) bond motifs is 1. The molecule has 0 bridgehead atoms. The third kappa shape index (κ3) is 8.30. The molecule has 0 unspecified atom stereocenters. The fourth-order valence-corrected chi connectivity index (χ4v) is 5.72. The molecule has 0 saturated carbocycles. The Balaban J connectivity index is 1.33. The van der Waals surface area contributed by atoms with Crippen LogP contribution in [0.4, 0.5) is 0 Å². The number of pyridine rings is 1.